The number of carbonyl (C=O) groups excluding carboxylic acids is 1. The Morgan fingerprint density at radius 1 is 1.11 bits per heavy atom. The van der Waals surface area contributed by atoms with Gasteiger partial charge in [-0.05, 0) is 42.7 Å². The molecule has 0 fully saturated rings. The second-order valence-electron chi connectivity index (χ2n) is 7.00. The number of aromatic amines is 1. The molecular weight excluding hydrogens is 352 g/mol. The summed E-state index contributed by atoms with van der Waals surface area (Å²) in [6.45, 7) is 3.40. The van der Waals surface area contributed by atoms with Crippen LogP contribution in [-0.4, -0.2) is 43.1 Å². The molecule has 0 saturated carbocycles. The topological polar surface area (TPSA) is 54.6 Å². The minimum absolute atomic E-state index is 0.00558. The predicted octanol–water partition coefficient (Wildman–Crippen LogP) is 4.42. The van der Waals surface area contributed by atoms with Crippen LogP contribution in [0.4, 0.5) is 0 Å². The fraction of sp³-hybridized carbons (Fsp3) is 0.261. The summed E-state index contributed by atoms with van der Waals surface area (Å²) < 4.78 is 10.6. The highest BCUT2D eigenvalue weighted by molar-refractivity contribution is 5.97. The van der Waals surface area contributed by atoms with Gasteiger partial charge in [0.05, 0.1) is 14.2 Å². The third-order valence-corrected chi connectivity index (χ3v) is 5.40. The van der Waals surface area contributed by atoms with Crippen molar-refractivity contribution < 1.29 is 14.3 Å². The van der Waals surface area contributed by atoms with Crippen LogP contribution in [0, 0.1) is 6.92 Å². The van der Waals surface area contributed by atoms with Crippen molar-refractivity contribution in [2.24, 2.45) is 0 Å². The number of nitrogens with zero attached hydrogens (tertiary/aromatic N) is 1. The molecule has 2 heterocycles. The molecule has 2 aromatic carbocycles. The van der Waals surface area contributed by atoms with E-state index in [4.69, 9.17) is 9.47 Å². The molecule has 1 aliphatic heterocycles. The minimum Gasteiger partial charge on any atom is -0.493 e. The number of hydrogen-bond acceptors (Lipinski definition) is 3. The van der Waals surface area contributed by atoms with Crippen LogP contribution in [0.15, 0.2) is 48.7 Å². The van der Waals surface area contributed by atoms with E-state index in [0.29, 0.717) is 30.2 Å². The van der Waals surface area contributed by atoms with Gasteiger partial charge in [-0.2, -0.15) is 0 Å². The third-order valence-electron chi connectivity index (χ3n) is 5.40. The highest BCUT2D eigenvalue weighted by atomic mass is 16.5. The van der Waals surface area contributed by atoms with E-state index in [9.17, 15) is 4.79 Å². The van der Waals surface area contributed by atoms with Crippen LogP contribution in [0.3, 0.4) is 0 Å². The zero-order valence-electron chi connectivity index (χ0n) is 16.4. The molecule has 1 aromatic heterocycles. The van der Waals surface area contributed by atoms with Crippen molar-refractivity contribution in [3.63, 3.8) is 0 Å². The highest BCUT2D eigenvalue weighted by Gasteiger charge is 2.21. The fourth-order valence-corrected chi connectivity index (χ4v) is 3.82. The Balaban J connectivity index is 1.55. The van der Waals surface area contributed by atoms with Gasteiger partial charge in [-0.15, -0.1) is 0 Å². The van der Waals surface area contributed by atoms with Crippen molar-refractivity contribution in [2.45, 2.75) is 13.3 Å². The van der Waals surface area contributed by atoms with Gasteiger partial charge >= 0.3 is 0 Å². The van der Waals surface area contributed by atoms with Crippen molar-refractivity contribution in [1.29, 1.82) is 0 Å². The summed E-state index contributed by atoms with van der Waals surface area (Å²) in [6.07, 6.45) is 5.07. The lowest BCUT2D eigenvalue weighted by Gasteiger charge is -2.27. The fourth-order valence-electron chi connectivity index (χ4n) is 3.82. The minimum atomic E-state index is 0.00558. The number of para-hydroxylation sites is 1. The van der Waals surface area contributed by atoms with Gasteiger partial charge < -0.3 is 19.4 Å². The normalized spacial score (nSPS) is 14.1. The van der Waals surface area contributed by atoms with Crippen molar-refractivity contribution in [3.05, 3.63) is 65.4 Å². The molecule has 3 aromatic rings. The van der Waals surface area contributed by atoms with Crippen molar-refractivity contribution in [3.8, 4) is 11.5 Å². The molecule has 0 saturated heterocycles. The van der Waals surface area contributed by atoms with E-state index >= 15 is 0 Å². The third kappa shape index (κ3) is 3.13. The van der Waals surface area contributed by atoms with Crippen molar-refractivity contribution >= 4 is 22.4 Å². The van der Waals surface area contributed by atoms with Gasteiger partial charge in [0, 0.05) is 41.3 Å². The summed E-state index contributed by atoms with van der Waals surface area (Å²) in [7, 11) is 3.16. The molecule has 4 rings (SSSR count). The number of benzene rings is 2. The van der Waals surface area contributed by atoms with Gasteiger partial charge in [-0.1, -0.05) is 24.3 Å². The van der Waals surface area contributed by atoms with Gasteiger partial charge in [0.2, 0.25) is 0 Å². The van der Waals surface area contributed by atoms with Gasteiger partial charge in [0.15, 0.2) is 11.5 Å². The zero-order chi connectivity index (χ0) is 19.7. The van der Waals surface area contributed by atoms with Crippen LogP contribution in [0.25, 0.3) is 16.5 Å². The molecule has 144 valence electrons. The molecule has 1 aliphatic rings. The van der Waals surface area contributed by atoms with E-state index in [1.54, 1.807) is 32.4 Å². The lowest BCUT2D eigenvalue weighted by atomic mass is 9.98. The van der Waals surface area contributed by atoms with Crippen LogP contribution < -0.4 is 9.47 Å². The monoisotopic (exact) mass is 376 g/mol. The first-order valence-electron chi connectivity index (χ1n) is 9.39. The summed E-state index contributed by atoms with van der Waals surface area (Å²) in [5, 5.41) is 1.24. The number of amides is 1. The Labute approximate surface area is 164 Å². The lowest BCUT2D eigenvalue weighted by molar-refractivity contribution is 0.0772. The number of methoxy groups -OCH3 is 2. The number of fused-ring (bicyclic) bond motifs is 1. The number of hydrogen-bond donors (Lipinski definition) is 1. The number of ether oxygens (including phenoxy) is 2. The quantitative estimate of drug-likeness (QED) is 0.733. The molecule has 0 spiro atoms. The predicted molar refractivity (Wildman–Crippen MR) is 111 cm³/mol. The van der Waals surface area contributed by atoms with Crippen molar-refractivity contribution in [2.75, 3.05) is 27.3 Å². The van der Waals surface area contributed by atoms with Gasteiger partial charge in [0.25, 0.3) is 5.91 Å². The van der Waals surface area contributed by atoms with E-state index in [1.807, 2.05) is 4.90 Å². The first-order chi connectivity index (χ1) is 13.6. The van der Waals surface area contributed by atoms with Crippen molar-refractivity contribution in [1.82, 2.24) is 9.88 Å². The van der Waals surface area contributed by atoms with E-state index in [2.05, 4.69) is 42.4 Å². The standard InChI is InChI=1S/C23H24N2O3/c1-15-5-4-6-18-19(14-24-22(15)18)16-9-11-25(12-10-16)23(26)17-7-8-20(27-2)21(13-17)28-3/h4-9,13-14,24H,10-12H2,1-3H3. The molecule has 0 atom stereocenters. The molecule has 0 unspecified atom stereocenters. The number of carbonyl (C=O) groups is 1. The molecule has 0 aliphatic carbocycles. The Morgan fingerprint density at radius 2 is 1.93 bits per heavy atom. The van der Waals surface area contributed by atoms with Gasteiger partial charge in [0.1, 0.15) is 0 Å². The summed E-state index contributed by atoms with van der Waals surface area (Å²) >= 11 is 0. The largest absolute Gasteiger partial charge is 0.493 e. The van der Waals surface area contributed by atoms with E-state index < -0.39 is 0 Å². The van der Waals surface area contributed by atoms with Crippen LogP contribution in [0.1, 0.15) is 27.9 Å². The van der Waals surface area contributed by atoms with Crippen LogP contribution >= 0.6 is 0 Å². The Bertz CT molecular complexity index is 1060. The summed E-state index contributed by atoms with van der Waals surface area (Å²) in [5.41, 5.74) is 5.55. The Morgan fingerprint density at radius 3 is 2.64 bits per heavy atom. The second-order valence-corrected chi connectivity index (χ2v) is 7.00. The summed E-state index contributed by atoms with van der Waals surface area (Å²) in [6, 6.07) is 11.6. The average molecular weight is 376 g/mol. The number of aromatic nitrogens is 1. The smallest absolute Gasteiger partial charge is 0.254 e. The SMILES string of the molecule is COc1ccc(C(=O)N2CC=C(c3c[nH]c4c(C)cccc34)CC2)cc1OC. The molecular formula is C23H24N2O3. The average Bonchev–Trinajstić information content (AvgIpc) is 3.18. The van der Waals surface area contributed by atoms with E-state index in [-0.39, 0.29) is 5.91 Å². The van der Waals surface area contributed by atoms with Gasteiger partial charge in [-0.3, -0.25) is 4.79 Å². The van der Waals surface area contributed by atoms with Crippen LogP contribution in [0.5, 0.6) is 11.5 Å². The Kier molecular flexibility index (Phi) is 4.82. The molecule has 5 heteroatoms. The van der Waals surface area contributed by atoms with Crippen LogP contribution in [-0.2, 0) is 0 Å². The van der Waals surface area contributed by atoms with E-state index in [1.165, 1.54) is 27.6 Å². The van der Waals surface area contributed by atoms with Crippen LogP contribution in [0.2, 0.25) is 0 Å². The van der Waals surface area contributed by atoms with E-state index in [0.717, 1.165) is 6.42 Å². The highest BCUT2D eigenvalue weighted by Crippen LogP contribution is 2.32. The summed E-state index contributed by atoms with van der Waals surface area (Å²) in [5.74, 6) is 1.19. The first-order valence-corrected chi connectivity index (χ1v) is 9.39. The lowest BCUT2D eigenvalue weighted by Crippen LogP contribution is -2.34. The first kappa shape index (κ1) is 18.2. The molecule has 0 bridgehead atoms. The molecule has 1 amide bonds. The van der Waals surface area contributed by atoms with Gasteiger partial charge in [-0.25, -0.2) is 0 Å². The number of H-pyrrole nitrogens is 1. The maximum Gasteiger partial charge on any atom is 0.254 e. The zero-order valence-corrected chi connectivity index (χ0v) is 16.4. The number of aryl methyl sites for hydroxylation is 1. The second kappa shape index (κ2) is 7.43. The number of rotatable bonds is 4. The maximum atomic E-state index is 12.9. The molecule has 0 radical (unpaired) electrons. The Hall–Kier alpha value is -3.21. The molecule has 1 N–H and O–H groups in total. The maximum absolute atomic E-state index is 12.9. The summed E-state index contributed by atoms with van der Waals surface area (Å²) in [4.78, 5) is 18.2. The number of nitrogens with one attached hydrogen (secondary N) is 1. The molecule has 28 heavy (non-hydrogen) atoms. The molecule has 5 nitrogen and oxygen atoms in total.